The van der Waals surface area contributed by atoms with Gasteiger partial charge in [-0.15, -0.1) is 6.42 Å². The van der Waals surface area contributed by atoms with Gasteiger partial charge in [0.05, 0.1) is 0 Å². The fourth-order valence-electron chi connectivity index (χ4n) is 2.66. The van der Waals surface area contributed by atoms with Crippen LogP contribution in [0.15, 0.2) is 54.6 Å². The lowest BCUT2D eigenvalue weighted by molar-refractivity contribution is 0.141. The van der Waals surface area contributed by atoms with Crippen molar-refractivity contribution in [2.45, 2.75) is 5.60 Å². The van der Waals surface area contributed by atoms with Gasteiger partial charge in [0.25, 0.3) is 0 Å². The Balaban J connectivity index is 0.000000236. The van der Waals surface area contributed by atoms with E-state index in [2.05, 4.69) is 29.8 Å². The molecule has 1 N–H and O–H groups in total. The predicted molar refractivity (Wildman–Crippen MR) is 99.7 cm³/mol. The Bertz CT molecular complexity index is 695. The van der Waals surface area contributed by atoms with E-state index in [1.807, 2.05) is 6.07 Å². The Labute approximate surface area is 149 Å². The van der Waals surface area contributed by atoms with Gasteiger partial charge in [-0.1, -0.05) is 54.5 Å². The molecule has 1 unspecified atom stereocenters. The molecule has 25 heavy (non-hydrogen) atoms. The predicted octanol–water partition coefficient (Wildman–Crippen LogP) is 2.56. The van der Waals surface area contributed by atoms with E-state index in [9.17, 15) is 9.50 Å². The normalized spacial score (nSPS) is 17.7. The first-order valence-corrected chi connectivity index (χ1v) is 8.35. The molecule has 0 amide bonds. The van der Waals surface area contributed by atoms with Gasteiger partial charge < -0.3 is 14.9 Å². The molecule has 0 aromatic heterocycles. The minimum absolute atomic E-state index is 0.0914. The Hall–Kier alpha value is -2.19. The highest BCUT2D eigenvalue weighted by atomic mass is 19.1. The smallest absolute Gasteiger partial charge is 0.179 e. The van der Waals surface area contributed by atoms with Crippen LogP contribution in [-0.4, -0.2) is 55.2 Å². The topological polar surface area (TPSA) is 26.7 Å². The molecule has 1 fully saturated rings. The number of terminal acetylenes is 1. The average Bonchev–Trinajstić information content (AvgIpc) is 2.65. The summed E-state index contributed by atoms with van der Waals surface area (Å²) in [5.74, 6) is 1.75. The van der Waals surface area contributed by atoms with E-state index in [1.54, 1.807) is 36.4 Å². The lowest BCUT2D eigenvalue weighted by Crippen LogP contribution is -2.42. The van der Waals surface area contributed by atoms with Crippen molar-refractivity contribution in [2.75, 3.05) is 40.3 Å². The maximum absolute atomic E-state index is 13.7. The number of piperazine rings is 1. The Morgan fingerprint density at radius 1 is 0.920 bits per heavy atom. The van der Waals surface area contributed by atoms with Crippen LogP contribution in [0.5, 0.6) is 0 Å². The summed E-state index contributed by atoms with van der Waals surface area (Å²) in [4.78, 5) is 4.72. The molecule has 0 radical (unpaired) electrons. The Kier molecular flexibility index (Phi) is 6.72. The molecular formula is C21H25FN2O. The van der Waals surface area contributed by atoms with E-state index in [0.29, 0.717) is 5.56 Å². The number of aliphatic hydroxyl groups is 1. The highest BCUT2D eigenvalue weighted by Crippen LogP contribution is 2.30. The summed E-state index contributed by atoms with van der Waals surface area (Å²) in [5.41, 5.74) is -1.16. The molecule has 0 saturated carbocycles. The van der Waals surface area contributed by atoms with Gasteiger partial charge in [0.1, 0.15) is 5.82 Å². The van der Waals surface area contributed by atoms with Crippen LogP contribution in [0.2, 0.25) is 0 Å². The monoisotopic (exact) mass is 340 g/mol. The van der Waals surface area contributed by atoms with Gasteiger partial charge >= 0.3 is 0 Å². The lowest BCUT2D eigenvalue weighted by Gasteiger charge is -2.28. The standard InChI is InChI=1S/C15H11FO.C6H14N2/c1-2-15(17,12-8-4-3-5-9-12)13-10-6-7-11-14(13)16;1-7-3-5-8(2)6-4-7/h1,3-11,17H;3-6H2,1-2H3. The van der Waals surface area contributed by atoms with Crippen LogP contribution < -0.4 is 0 Å². The summed E-state index contributed by atoms with van der Waals surface area (Å²) in [6.07, 6.45) is 5.37. The van der Waals surface area contributed by atoms with Crippen LogP contribution in [0, 0.1) is 18.2 Å². The van der Waals surface area contributed by atoms with Gasteiger partial charge in [0.15, 0.2) is 5.60 Å². The molecule has 2 aromatic rings. The van der Waals surface area contributed by atoms with Crippen molar-refractivity contribution in [1.29, 1.82) is 0 Å². The largest absolute Gasteiger partial charge is 0.369 e. The molecule has 1 aliphatic heterocycles. The highest BCUT2D eigenvalue weighted by Gasteiger charge is 2.31. The number of hydrogen-bond donors (Lipinski definition) is 1. The van der Waals surface area contributed by atoms with Crippen LogP contribution in [-0.2, 0) is 5.60 Å². The van der Waals surface area contributed by atoms with Crippen molar-refractivity contribution < 1.29 is 9.50 Å². The third-order valence-corrected chi connectivity index (χ3v) is 4.39. The minimum atomic E-state index is -1.73. The van der Waals surface area contributed by atoms with Crippen molar-refractivity contribution in [3.63, 3.8) is 0 Å². The first-order valence-electron chi connectivity index (χ1n) is 8.35. The maximum Gasteiger partial charge on any atom is 0.179 e. The molecule has 3 rings (SSSR count). The van der Waals surface area contributed by atoms with E-state index >= 15 is 0 Å². The second-order valence-corrected chi connectivity index (χ2v) is 6.31. The van der Waals surface area contributed by atoms with E-state index in [0.717, 1.165) is 0 Å². The summed E-state index contributed by atoms with van der Waals surface area (Å²) >= 11 is 0. The van der Waals surface area contributed by atoms with Gasteiger partial charge in [0, 0.05) is 37.3 Å². The zero-order valence-electron chi connectivity index (χ0n) is 14.8. The zero-order chi connectivity index (χ0) is 18.3. The van der Waals surface area contributed by atoms with Crippen LogP contribution in [0.3, 0.4) is 0 Å². The molecule has 0 aliphatic carbocycles. The number of nitrogens with zero attached hydrogens (tertiary/aromatic N) is 2. The number of halogens is 1. The van der Waals surface area contributed by atoms with Crippen molar-refractivity contribution in [3.05, 3.63) is 71.5 Å². The zero-order valence-corrected chi connectivity index (χ0v) is 14.8. The molecule has 4 heteroatoms. The fraction of sp³-hybridized carbons (Fsp3) is 0.333. The van der Waals surface area contributed by atoms with Gasteiger partial charge in [0.2, 0.25) is 0 Å². The van der Waals surface area contributed by atoms with E-state index < -0.39 is 11.4 Å². The summed E-state index contributed by atoms with van der Waals surface area (Å²) < 4.78 is 13.7. The van der Waals surface area contributed by atoms with Gasteiger partial charge in [-0.3, -0.25) is 0 Å². The molecule has 1 atom stereocenters. The lowest BCUT2D eigenvalue weighted by atomic mass is 9.87. The maximum atomic E-state index is 13.7. The summed E-state index contributed by atoms with van der Waals surface area (Å²) in [6, 6.07) is 14.6. The SMILES string of the molecule is C#CC(O)(c1ccccc1)c1ccccc1F.CN1CCN(C)CC1. The Morgan fingerprint density at radius 3 is 1.88 bits per heavy atom. The second kappa shape index (κ2) is 8.77. The molecule has 2 aromatic carbocycles. The van der Waals surface area contributed by atoms with Gasteiger partial charge in [-0.2, -0.15) is 0 Å². The van der Waals surface area contributed by atoms with E-state index in [-0.39, 0.29) is 5.56 Å². The van der Waals surface area contributed by atoms with Crippen molar-refractivity contribution in [3.8, 4) is 12.3 Å². The molecule has 0 bridgehead atoms. The summed E-state index contributed by atoms with van der Waals surface area (Å²) in [7, 11) is 4.35. The van der Waals surface area contributed by atoms with Crippen molar-refractivity contribution in [1.82, 2.24) is 9.80 Å². The third-order valence-electron chi connectivity index (χ3n) is 4.39. The third kappa shape index (κ3) is 4.90. The fourth-order valence-corrected chi connectivity index (χ4v) is 2.66. The first-order chi connectivity index (χ1) is 12.0. The number of benzene rings is 2. The first kappa shape index (κ1) is 19.1. The average molecular weight is 340 g/mol. The highest BCUT2D eigenvalue weighted by molar-refractivity contribution is 5.43. The summed E-state index contributed by atoms with van der Waals surface area (Å²) in [5, 5.41) is 10.5. The molecule has 3 nitrogen and oxygen atoms in total. The molecular weight excluding hydrogens is 315 g/mol. The van der Waals surface area contributed by atoms with Gasteiger partial charge in [-0.25, -0.2) is 4.39 Å². The van der Waals surface area contributed by atoms with Crippen molar-refractivity contribution in [2.24, 2.45) is 0 Å². The van der Waals surface area contributed by atoms with Gasteiger partial charge in [-0.05, 0) is 20.2 Å². The van der Waals surface area contributed by atoms with Crippen LogP contribution in [0.25, 0.3) is 0 Å². The molecule has 1 saturated heterocycles. The molecule has 1 heterocycles. The van der Waals surface area contributed by atoms with Crippen LogP contribution >= 0.6 is 0 Å². The summed E-state index contributed by atoms with van der Waals surface area (Å²) in [6.45, 7) is 4.93. The van der Waals surface area contributed by atoms with E-state index in [4.69, 9.17) is 6.42 Å². The molecule has 1 aliphatic rings. The molecule has 0 spiro atoms. The minimum Gasteiger partial charge on any atom is -0.369 e. The van der Waals surface area contributed by atoms with Crippen molar-refractivity contribution >= 4 is 0 Å². The quantitative estimate of drug-likeness (QED) is 0.851. The number of hydrogen-bond acceptors (Lipinski definition) is 3. The Morgan fingerprint density at radius 2 is 1.40 bits per heavy atom. The number of likely N-dealkylation sites (N-methyl/N-ethyl adjacent to an activating group) is 2. The number of rotatable bonds is 2. The van der Waals surface area contributed by atoms with E-state index in [1.165, 1.54) is 38.3 Å². The molecule has 132 valence electrons. The van der Waals surface area contributed by atoms with Crippen LogP contribution in [0.1, 0.15) is 11.1 Å². The van der Waals surface area contributed by atoms with Crippen LogP contribution in [0.4, 0.5) is 4.39 Å². The second-order valence-electron chi connectivity index (χ2n) is 6.31.